The minimum Gasteiger partial charge on any atom is -0.382 e. The minimum absolute atomic E-state index is 0.533. The normalized spacial score (nSPS) is 22.1. The number of fused-ring (bicyclic) bond motifs is 1. The molecule has 0 bridgehead atoms. The summed E-state index contributed by atoms with van der Waals surface area (Å²) in [5.41, 5.74) is 7.86. The molecule has 1 atom stereocenters. The predicted octanol–water partition coefficient (Wildman–Crippen LogP) is 0.868. The fourth-order valence-corrected chi connectivity index (χ4v) is 2.19. The number of hydrogen-bond donors (Lipinski definition) is 1. The molecule has 0 fully saturated rings. The lowest BCUT2D eigenvalue weighted by Gasteiger charge is -2.24. The Morgan fingerprint density at radius 3 is 3.07 bits per heavy atom. The maximum Gasteiger partial charge on any atom is 0.142 e. The number of anilines is 1. The van der Waals surface area contributed by atoms with Crippen molar-refractivity contribution in [1.82, 2.24) is 14.9 Å². The average molecular weight is 206 g/mol. The van der Waals surface area contributed by atoms with Gasteiger partial charge in [-0.15, -0.1) is 0 Å². The van der Waals surface area contributed by atoms with E-state index in [9.17, 15) is 0 Å². The van der Waals surface area contributed by atoms with Crippen molar-refractivity contribution in [2.45, 2.75) is 32.7 Å². The lowest BCUT2D eigenvalue weighted by atomic mass is 10.1. The average Bonchev–Trinajstić information content (AvgIpc) is 2.35. The molecule has 2 rings (SSSR count). The summed E-state index contributed by atoms with van der Waals surface area (Å²) in [5, 5.41) is 0. The quantitative estimate of drug-likeness (QED) is 0.740. The number of hydrogen-bond acceptors (Lipinski definition) is 4. The van der Waals surface area contributed by atoms with Crippen molar-refractivity contribution in [2.75, 3.05) is 18.8 Å². The number of likely N-dealkylation sites (N-methyl/N-ethyl adjacent to an activating group) is 1. The molecule has 15 heavy (non-hydrogen) atoms. The van der Waals surface area contributed by atoms with Crippen LogP contribution < -0.4 is 5.73 Å². The van der Waals surface area contributed by atoms with Crippen LogP contribution in [0.4, 0.5) is 5.82 Å². The van der Waals surface area contributed by atoms with Crippen LogP contribution in [0.1, 0.15) is 25.2 Å². The molecule has 0 amide bonds. The molecule has 0 radical (unpaired) electrons. The van der Waals surface area contributed by atoms with Gasteiger partial charge in [0, 0.05) is 25.4 Å². The third-order valence-electron chi connectivity index (χ3n) is 3.10. The maximum atomic E-state index is 5.66. The minimum atomic E-state index is 0.533. The van der Waals surface area contributed by atoms with Crippen LogP contribution in [0, 0.1) is 0 Å². The summed E-state index contributed by atoms with van der Waals surface area (Å²) in [6.45, 7) is 6.60. The second kappa shape index (κ2) is 4.14. The van der Waals surface area contributed by atoms with Gasteiger partial charge in [-0.3, -0.25) is 4.98 Å². The summed E-state index contributed by atoms with van der Waals surface area (Å²) in [7, 11) is 0. The largest absolute Gasteiger partial charge is 0.382 e. The molecule has 2 N–H and O–H groups in total. The molecule has 0 aliphatic carbocycles. The van der Waals surface area contributed by atoms with E-state index in [1.54, 1.807) is 6.20 Å². The summed E-state index contributed by atoms with van der Waals surface area (Å²) >= 11 is 0. The van der Waals surface area contributed by atoms with Gasteiger partial charge in [0.1, 0.15) is 5.82 Å². The van der Waals surface area contributed by atoms with Crippen LogP contribution in [0.5, 0.6) is 0 Å². The Labute approximate surface area is 90.5 Å². The Kier molecular flexibility index (Phi) is 2.86. The van der Waals surface area contributed by atoms with E-state index in [2.05, 4.69) is 28.7 Å². The van der Waals surface area contributed by atoms with Gasteiger partial charge in [-0.05, 0) is 13.5 Å². The summed E-state index contributed by atoms with van der Waals surface area (Å²) in [5.74, 6) is 0.533. The van der Waals surface area contributed by atoms with Gasteiger partial charge in [-0.1, -0.05) is 6.92 Å². The standard InChI is InChI=1S/C11H18N4/c1-3-15-5-4-9-10(6-8(15)2)14-11(12)7-13-9/h7-8H,3-6H2,1-2H3,(H2,12,14)/t8-/m1/s1. The SMILES string of the molecule is CCN1CCc2ncc(N)nc2C[C@H]1C. The van der Waals surface area contributed by atoms with Crippen molar-refractivity contribution in [2.24, 2.45) is 0 Å². The first-order valence-corrected chi connectivity index (χ1v) is 5.55. The Bertz CT molecular complexity index is 350. The van der Waals surface area contributed by atoms with Crippen molar-refractivity contribution < 1.29 is 0 Å². The van der Waals surface area contributed by atoms with Crippen LogP contribution in [-0.4, -0.2) is 34.0 Å². The molecule has 82 valence electrons. The molecule has 1 aliphatic heterocycles. The van der Waals surface area contributed by atoms with Crippen LogP contribution in [0.15, 0.2) is 6.20 Å². The molecule has 1 aromatic heterocycles. The van der Waals surface area contributed by atoms with E-state index in [1.165, 1.54) is 0 Å². The fraction of sp³-hybridized carbons (Fsp3) is 0.636. The van der Waals surface area contributed by atoms with Gasteiger partial charge in [0.2, 0.25) is 0 Å². The highest BCUT2D eigenvalue weighted by Gasteiger charge is 2.20. The van der Waals surface area contributed by atoms with Gasteiger partial charge in [0.05, 0.1) is 17.6 Å². The van der Waals surface area contributed by atoms with E-state index >= 15 is 0 Å². The van der Waals surface area contributed by atoms with Crippen molar-refractivity contribution in [3.63, 3.8) is 0 Å². The second-order valence-corrected chi connectivity index (χ2v) is 4.12. The third-order valence-corrected chi connectivity index (χ3v) is 3.10. The van der Waals surface area contributed by atoms with Gasteiger partial charge in [-0.2, -0.15) is 0 Å². The molecule has 0 unspecified atom stereocenters. The monoisotopic (exact) mass is 206 g/mol. The second-order valence-electron chi connectivity index (χ2n) is 4.12. The lowest BCUT2D eigenvalue weighted by molar-refractivity contribution is 0.227. The number of rotatable bonds is 1. The first-order chi connectivity index (χ1) is 7.20. The number of nitrogen functional groups attached to an aromatic ring is 1. The summed E-state index contributed by atoms with van der Waals surface area (Å²) in [4.78, 5) is 11.2. The van der Waals surface area contributed by atoms with E-state index < -0.39 is 0 Å². The first-order valence-electron chi connectivity index (χ1n) is 5.55. The Balaban J connectivity index is 2.27. The lowest BCUT2D eigenvalue weighted by Crippen LogP contribution is -2.34. The zero-order chi connectivity index (χ0) is 10.8. The third kappa shape index (κ3) is 2.09. The van der Waals surface area contributed by atoms with E-state index in [-0.39, 0.29) is 0 Å². The number of nitrogens with two attached hydrogens (primary N) is 1. The molecule has 4 nitrogen and oxygen atoms in total. The summed E-state index contributed by atoms with van der Waals surface area (Å²) < 4.78 is 0. The highest BCUT2D eigenvalue weighted by molar-refractivity contribution is 5.28. The maximum absolute atomic E-state index is 5.66. The van der Waals surface area contributed by atoms with E-state index in [0.29, 0.717) is 11.9 Å². The van der Waals surface area contributed by atoms with Crippen molar-refractivity contribution in [1.29, 1.82) is 0 Å². The number of nitrogens with zero attached hydrogens (tertiary/aromatic N) is 3. The zero-order valence-electron chi connectivity index (χ0n) is 9.40. The molecular weight excluding hydrogens is 188 g/mol. The van der Waals surface area contributed by atoms with E-state index in [4.69, 9.17) is 5.73 Å². The topological polar surface area (TPSA) is 55.0 Å². The molecule has 0 saturated heterocycles. The van der Waals surface area contributed by atoms with Gasteiger partial charge in [0.15, 0.2) is 0 Å². The molecule has 0 saturated carbocycles. The van der Waals surface area contributed by atoms with Crippen LogP contribution >= 0.6 is 0 Å². The Morgan fingerprint density at radius 1 is 1.53 bits per heavy atom. The highest BCUT2D eigenvalue weighted by atomic mass is 15.1. The smallest absolute Gasteiger partial charge is 0.142 e. The van der Waals surface area contributed by atoms with Gasteiger partial charge >= 0.3 is 0 Å². The first kappa shape index (κ1) is 10.4. The van der Waals surface area contributed by atoms with Crippen molar-refractivity contribution in [3.05, 3.63) is 17.6 Å². The summed E-state index contributed by atoms with van der Waals surface area (Å²) in [6.07, 6.45) is 3.60. The fourth-order valence-electron chi connectivity index (χ4n) is 2.19. The summed E-state index contributed by atoms with van der Waals surface area (Å²) in [6, 6.07) is 0.535. The molecule has 0 spiro atoms. The van der Waals surface area contributed by atoms with Crippen LogP contribution in [0.2, 0.25) is 0 Å². The zero-order valence-corrected chi connectivity index (χ0v) is 9.40. The van der Waals surface area contributed by atoms with E-state index in [0.717, 1.165) is 37.3 Å². The molecular formula is C11H18N4. The predicted molar refractivity (Wildman–Crippen MR) is 60.6 cm³/mol. The van der Waals surface area contributed by atoms with Crippen molar-refractivity contribution in [3.8, 4) is 0 Å². The van der Waals surface area contributed by atoms with Crippen LogP contribution in [-0.2, 0) is 12.8 Å². The van der Waals surface area contributed by atoms with Gasteiger partial charge in [0.25, 0.3) is 0 Å². The molecule has 1 aliphatic rings. The Hall–Kier alpha value is -1.16. The van der Waals surface area contributed by atoms with Crippen LogP contribution in [0.3, 0.4) is 0 Å². The van der Waals surface area contributed by atoms with Crippen LogP contribution in [0.25, 0.3) is 0 Å². The van der Waals surface area contributed by atoms with E-state index in [1.807, 2.05) is 0 Å². The Morgan fingerprint density at radius 2 is 2.33 bits per heavy atom. The molecule has 0 aromatic carbocycles. The number of aromatic nitrogens is 2. The highest BCUT2D eigenvalue weighted by Crippen LogP contribution is 2.16. The van der Waals surface area contributed by atoms with Crippen molar-refractivity contribution >= 4 is 5.82 Å². The molecule has 4 heteroatoms. The van der Waals surface area contributed by atoms with Gasteiger partial charge in [-0.25, -0.2) is 4.98 Å². The molecule has 1 aromatic rings. The van der Waals surface area contributed by atoms with Gasteiger partial charge < -0.3 is 10.6 Å². The molecule has 2 heterocycles.